The molecule has 0 aromatic carbocycles. The Labute approximate surface area is 121 Å². The Kier molecular flexibility index (Phi) is 6.51. The fourth-order valence-corrected chi connectivity index (χ4v) is 1.63. The first kappa shape index (κ1) is 16.5. The van der Waals surface area contributed by atoms with Gasteiger partial charge in [-0.15, -0.1) is 0 Å². The second-order valence-corrected chi connectivity index (χ2v) is 5.26. The van der Waals surface area contributed by atoms with Crippen LogP contribution in [-0.4, -0.2) is 35.3 Å². The summed E-state index contributed by atoms with van der Waals surface area (Å²) in [5.41, 5.74) is 6.49. The number of nitrogens with two attached hydrogens (primary N) is 1. The van der Waals surface area contributed by atoms with Crippen LogP contribution in [0.5, 0.6) is 5.88 Å². The molecular weight excluding hydrogens is 256 g/mol. The third kappa shape index (κ3) is 4.85. The number of rotatable bonds is 8. The minimum Gasteiger partial charge on any atom is -0.473 e. The van der Waals surface area contributed by atoms with Crippen LogP contribution in [0.15, 0.2) is 6.33 Å². The molecule has 0 amide bonds. The van der Waals surface area contributed by atoms with Crippen LogP contribution in [0.3, 0.4) is 0 Å². The fraction of sp³-hybridized carbons (Fsp3) is 0.714. The van der Waals surface area contributed by atoms with Crippen molar-refractivity contribution in [3.8, 4) is 5.88 Å². The van der Waals surface area contributed by atoms with Gasteiger partial charge >= 0.3 is 0 Å². The molecule has 0 spiro atoms. The van der Waals surface area contributed by atoms with E-state index in [9.17, 15) is 0 Å². The SMILES string of the molecule is CCOCC(Nc1ncnc(OC(C)C)c1N)C(C)C. The molecule has 1 aromatic heterocycles. The first-order chi connectivity index (χ1) is 9.45. The number of aromatic nitrogens is 2. The summed E-state index contributed by atoms with van der Waals surface area (Å²) in [6.45, 7) is 11.4. The molecule has 1 heterocycles. The molecule has 0 saturated carbocycles. The Morgan fingerprint density at radius 1 is 1.25 bits per heavy atom. The van der Waals surface area contributed by atoms with E-state index >= 15 is 0 Å². The van der Waals surface area contributed by atoms with Crippen molar-refractivity contribution in [2.24, 2.45) is 5.92 Å². The molecule has 20 heavy (non-hydrogen) atoms. The molecule has 0 aliphatic carbocycles. The highest BCUT2D eigenvalue weighted by molar-refractivity contribution is 5.66. The van der Waals surface area contributed by atoms with Crippen LogP contribution in [0, 0.1) is 5.92 Å². The number of hydrogen-bond acceptors (Lipinski definition) is 6. The third-order valence-electron chi connectivity index (χ3n) is 2.82. The van der Waals surface area contributed by atoms with Gasteiger partial charge in [0.1, 0.15) is 12.0 Å². The largest absolute Gasteiger partial charge is 0.473 e. The Bertz CT molecular complexity index is 410. The summed E-state index contributed by atoms with van der Waals surface area (Å²) in [6.07, 6.45) is 1.47. The van der Waals surface area contributed by atoms with Crippen LogP contribution < -0.4 is 15.8 Å². The molecule has 114 valence electrons. The maximum atomic E-state index is 6.06. The number of ether oxygens (including phenoxy) is 2. The Balaban J connectivity index is 2.84. The van der Waals surface area contributed by atoms with Crippen LogP contribution in [0.2, 0.25) is 0 Å². The lowest BCUT2D eigenvalue weighted by molar-refractivity contribution is 0.126. The number of nitrogens with zero attached hydrogens (tertiary/aromatic N) is 2. The van der Waals surface area contributed by atoms with Crippen LogP contribution in [0.25, 0.3) is 0 Å². The number of nitrogen functional groups attached to an aromatic ring is 1. The van der Waals surface area contributed by atoms with E-state index in [2.05, 4.69) is 29.1 Å². The highest BCUT2D eigenvalue weighted by atomic mass is 16.5. The molecule has 0 radical (unpaired) electrons. The first-order valence-electron chi connectivity index (χ1n) is 7.07. The molecule has 6 nitrogen and oxygen atoms in total. The van der Waals surface area contributed by atoms with Crippen molar-refractivity contribution in [1.29, 1.82) is 0 Å². The van der Waals surface area contributed by atoms with E-state index in [1.165, 1.54) is 6.33 Å². The molecular formula is C14H26N4O2. The van der Waals surface area contributed by atoms with Gasteiger partial charge in [-0.25, -0.2) is 4.98 Å². The smallest absolute Gasteiger partial charge is 0.242 e. The Morgan fingerprint density at radius 3 is 2.50 bits per heavy atom. The van der Waals surface area contributed by atoms with Gasteiger partial charge in [0.25, 0.3) is 0 Å². The average Bonchev–Trinajstić information content (AvgIpc) is 2.37. The highest BCUT2D eigenvalue weighted by Gasteiger charge is 2.17. The minimum absolute atomic E-state index is 0.0179. The summed E-state index contributed by atoms with van der Waals surface area (Å²) in [7, 11) is 0. The van der Waals surface area contributed by atoms with E-state index in [1.54, 1.807) is 0 Å². The van der Waals surface area contributed by atoms with Gasteiger partial charge in [-0.1, -0.05) is 13.8 Å². The van der Waals surface area contributed by atoms with Gasteiger partial charge in [0.05, 0.1) is 18.8 Å². The number of anilines is 2. The lowest BCUT2D eigenvalue weighted by Gasteiger charge is -2.23. The van der Waals surface area contributed by atoms with Gasteiger partial charge < -0.3 is 20.5 Å². The maximum absolute atomic E-state index is 6.06. The van der Waals surface area contributed by atoms with Crippen LogP contribution >= 0.6 is 0 Å². The molecule has 3 N–H and O–H groups in total. The summed E-state index contributed by atoms with van der Waals surface area (Å²) >= 11 is 0. The monoisotopic (exact) mass is 282 g/mol. The first-order valence-corrected chi connectivity index (χ1v) is 7.07. The molecule has 0 aliphatic rings. The van der Waals surface area contributed by atoms with Gasteiger partial charge in [0, 0.05) is 6.61 Å². The standard InChI is InChI=1S/C14H26N4O2/c1-6-19-7-11(9(2)3)18-13-12(15)14(17-8-16-13)20-10(4)5/h8-11H,6-7,15H2,1-5H3,(H,16,17,18). The van der Waals surface area contributed by atoms with Crippen LogP contribution in [0.1, 0.15) is 34.6 Å². The van der Waals surface area contributed by atoms with E-state index in [0.717, 1.165) is 0 Å². The third-order valence-corrected chi connectivity index (χ3v) is 2.82. The second-order valence-electron chi connectivity index (χ2n) is 5.26. The van der Waals surface area contributed by atoms with Gasteiger partial charge in [-0.3, -0.25) is 0 Å². The summed E-state index contributed by atoms with van der Waals surface area (Å²) in [4.78, 5) is 8.26. The van der Waals surface area contributed by atoms with Gasteiger partial charge in [-0.2, -0.15) is 4.98 Å². The zero-order valence-electron chi connectivity index (χ0n) is 13.0. The van der Waals surface area contributed by atoms with Gasteiger partial charge in [-0.05, 0) is 26.7 Å². The summed E-state index contributed by atoms with van der Waals surface area (Å²) in [5.74, 6) is 1.40. The van der Waals surface area contributed by atoms with E-state index in [0.29, 0.717) is 36.5 Å². The lowest BCUT2D eigenvalue weighted by atomic mass is 10.1. The Hall–Kier alpha value is -1.56. The fourth-order valence-electron chi connectivity index (χ4n) is 1.63. The Morgan fingerprint density at radius 2 is 1.95 bits per heavy atom. The molecule has 0 bridgehead atoms. The second kappa shape index (κ2) is 7.89. The normalized spacial score (nSPS) is 12.8. The molecule has 1 aromatic rings. The predicted molar refractivity (Wildman–Crippen MR) is 81.0 cm³/mol. The number of nitrogens with one attached hydrogen (secondary N) is 1. The topological polar surface area (TPSA) is 82.3 Å². The molecule has 0 saturated heterocycles. The van der Waals surface area contributed by atoms with Crippen molar-refractivity contribution < 1.29 is 9.47 Å². The number of hydrogen-bond donors (Lipinski definition) is 2. The molecule has 0 fully saturated rings. The van der Waals surface area contributed by atoms with E-state index in [1.807, 2.05) is 20.8 Å². The lowest BCUT2D eigenvalue weighted by Crippen LogP contribution is -2.31. The summed E-state index contributed by atoms with van der Waals surface area (Å²) in [5, 5.41) is 3.31. The van der Waals surface area contributed by atoms with E-state index < -0.39 is 0 Å². The van der Waals surface area contributed by atoms with Gasteiger partial charge in [0.15, 0.2) is 5.82 Å². The van der Waals surface area contributed by atoms with Crippen LogP contribution in [-0.2, 0) is 4.74 Å². The predicted octanol–water partition coefficient (Wildman–Crippen LogP) is 2.32. The highest BCUT2D eigenvalue weighted by Crippen LogP contribution is 2.26. The van der Waals surface area contributed by atoms with E-state index in [-0.39, 0.29) is 12.1 Å². The van der Waals surface area contributed by atoms with Crippen molar-refractivity contribution >= 4 is 11.5 Å². The zero-order valence-corrected chi connectivity index (χ0v) is 13.0. The molecule has 0 aliphatic heterocycles. The molecule has 1 rings (SSSR count). The van der Waals surface area contributed by atoms with Crippen molar-refractivity contribution in [2.45, 2.75) is 46.8 Å². The van der Waals surface area contributed by atoms with Crippen molar-refractivity contribution in [2.75, 3.05) is 24.3 Å². The summed E-state index contributed by atoms with van der Waals surface area (Å²) < 4.78 is 11.0. The van der Waals surface area contributed by atoms with Crippen molar-refractivity contribution in [3.63, 3.8) is 0 Å². The van der Waals surface area contributed by atoms with E-state index in [4.69, 9.17) is 15.2 Å². The molecule has 1 unspecified atom stereocenters. The molecule has 6 heteroatoms. The zero-order chi connectivity index (χ0) is 15.1. The average molecular weight is 282 g/mol. The minimum atomic E-state index is 0.0179. The quantitative estimate of drug-likeness (QED) is 0.761. The summed E-state index contributed by atoms with van der Waals surface area (Å²) in [6, 6.07) is 0.138. The molecule has 1 atom stereocenters. The maximum Gasteiger partial charge on any atom is 0.242 e. The van der Waals surface area contributed by atoms with Crippen molar-refractivity contribution in [3.05, 3.63) is 6.33 Å². The van der Waals surface area contributed by atoms with Crippen LogP contribution in [0.4, 0.5) is 11.5 Å². The van der Waals surface area contributed by atoms with Gasteiger partial charge in [0.2, 0.25) is 5.88 Å². The van der Waals surface area contributed by atoms with Crippen molar-refractivity contribution in [1.82, 2.24) is 9.97 Å².